The Morgan fingerprint density at radius 3 is 2.82 bits per heavy atom. The fraction of sp³-hybridized carbons (Fsp3) is 0.833. The number of carbonyl (C=O) groups is 1. The van der Waals surface area contributed by atoms with Gasteiger partial charge in [0.2, 0.25) is 5.91 Å². The smallest absolute Gasteiger partial charge is 0.229 e. The number of nitrogens with two attached hydrogens (primary N) is 1. The highest BCUT2D eigenvalue weighted by Gasteiger charge is 2.31. The summed E-state index contributed by atoms with van der Waals surface area (Å²) in [4.78, 5) is 12.3. The lowest BCUT2D eigenvalue weighted by molar-refractivity contribution is -0.123. The molecule has 3 N–H and O–H groups in total. The Morgan fingerprint density at radius 2 is 2.35 bits per heavy atom. The first-order valence-corrected chi connectivity index (χ1v) is 7.59. The van der Waals surface area contributed by atoms with Crippen LogP contribution in [0.5, 0.6) is 0 Å². The molecule has 5 heteroatoms. The fourth-order valence-corrected chi connectivity index (χ4v) is 3.53. The number of hydrogen-bond acceptors (Lipinski definition) is 3. The average molecular weight is 274 g/mol. The van der Waals surface area contributed by atoms with Gasteiger partial charge in [-0.25, -0.2) is 0 Å². The zero-order chi connectivity index (χ0) is 12.9. The molecule has 1 amide bonds. The lowest BCUT2D eigenvalue weighted by Crippen LogP contribution is -2.43. The van der Waals surface area contributed by atoms with Crippen LogP contribution in [0.15, 0.2) is 0 Å². The maximum absolute atomic E-state index is 12.0. The van der Waals surface area contributed by atoms with E-state index in [1.165, 1.54) is 18.6 Å². The van der Waals surface area contributed by atoms with E-state index < -0.39 is 0 Å². The Balaban J connectivity index is 2.44. The van der Waals surface area contributed by atoms with Crippen molar-refractivity contribution < 1.29 is 4.79 Å². The van der Waals surface area contributed by atoms with E-state index in [1.807, 2.05) is 18.7 Å². The maximum Gasteiger partial charge on any atom is 0.229 e. The number of nitrogens with one attached hydrogen (secondary N) is 1. The van der Waals surface area contributed by atoms with Crippen LogP contribution in [0.1, 0.15) is 39.5 Å². The zero-order valence-electron chi connectivity index (χ0n) is 10.6. The molecule has 98 valence electrons. The van der Waals surface area contributed by atoms with Gasteiger partial charge in [0.05, 0.1) is 10.9 Å². The van der Waals surface area contributed by atoms with Crippen molar-refractivity contribution in [3.05, 3.63) is 0 Å². The van der Waals surface area contributed by atoms with E-state index in [2.05, 4.69) is 12.2 Å². The van der Waals surface area contributed by atoms with E-state index in [1.54, 1.807) is 0 Å². The molecule has 0 spiro atoms. The van der Waals surface area contributed by atoms with Crippen molar-refractivity contribution in [3.8, 4) is 0 Å². The van der Waals surface area contributed by atoms with E-state index in [0.29, 0.717) is 4.99 Å². The van der Waals surface area contributed by atoms with Crippen LogP contribution in [0.4, 0.5) is 0 Å². The summed E-state index contributed by atoms with van der Waals surface area (Å²) in [6.45, 7) is 4.96. The van der Waals surface area contributed by atoms with Gasteiger partial charge in [-0.1, -0.05) is 25.6 Å². The van der Waals surface area contributed by atoms with Gasteiger partial charge in [-0.15, -0.1) is 0 Å². The summed E-state index contributed by atoms with van der Waals surface area (Å²) < 4.78 is 0.197. The molecule has 0 aromatic carbocycles. The lowest BCUT2D eigenvalue weighted by Gasteiger charge is -2.24. The molecule has 0 radical (unpaired) electrons. The summed E-state index contributed by atoms with van der Waals surface area (Å²) in [6, 6.07) is 0. The quantitative estimate of drug-likeness (QED) is 0.728. The molecule has 1 aliphatic rings. The molecule has 0 aliphatic carbocycles. The highest BCUT2D eigenvalue weighted by Crippen LogP contribution is 2.36. The number of hydrogen-bond donors (Lipinski definition) is 2. The molecule has 1 fully saturated rings. The summed E-state index contributed by atoms with van der Waals surface area (Å²) in [5, 5.41) is 3.00. The lowest BCUT2D eigenvalue weighted by atomic mass is 10.0. The van der Waals surface area contributed by atoms with Gasteiger partial charge in [0, 0.05) is 11.3 Å². The van der Waals surface area contributed by atoms with Crippen molar-refractivity contribution >= 4 is 34.9 Å². The van der Waals surface area contributed by atoms with E-state index in [9.17, 15) is 4.79 Å². The molecular weight excluding hydrogens is 252 g/mol. The van der Waals surface area contributed by atoms with Crippen LogP contribution in [0, 0.1) is 5.92 Å². The Bertz CT molecular complexity index is 288. The van der Waals surface area contributed by atoms with Gasteiger partial charge in [-0.05, 0) is 31.9 Å². The summed E-state index contributed by atoms with van der Waals surface area (Å²) in [7, 11) is 0. The molecule has 0 aromatic heterocycles. The Hall–Kier alpha value is -0.290. The molecule has 1 aliphatic heterocycles. The summed E-state index contributed by atoms with van der Waals surface area (Å²) in [5.74, 6) is 0.887. The van der Waals surface area contributed by atoms with E-state index >= 15 is 0 Å². The molecule has 3 nitrogen and oxygen atoms in total. The highest BCUT2D eigenvalue weighted by atomic mass is 32.2. The van der Waals surface area contributed by atoms with E-state index in [0.717, 1.165) is 19.4 Å². The topological polar surface area (TPSA) is 55.1 Å². The molecule has 0 aromatic rings. The van der Waals surface area contributed by atoms with Crippen LogP contribution in [0.3, 0.4) is 0 Å². The molecule has 0 saturated carbocycles. The first-order chi connectivity index (χ1) is 7.98. The van der Waals surface area contributed by atoms with E-state index in [4.69, 9.17) is 18.0 Å². The van der Waals surface area contributed by atoms with Crippen LogP contribution in [0.25, 0.3) is 0 Å². The third-order valence-corrected chi connectivity index (χ3v) is 5.00. The van der Waals surface area contributed by atoms with Gasteiger partial charge in [0.25, 0.3) is 0 Å². The Morgan fingerprint density at radius 1 is 1.65 bits per heavy atom. The monoisotopic (exact) mass is 274 g/mol. The van der Waals surface area contributed by atoms with Gasteiger partial charge >= 0.3 is 0 Å². The van der Waals surface area contributed by atoms with Crippen molar-refractivity contribution in [2.24, 2.45) is 11.7 Å². The van der Waals surface area contributed by atoms with Crippen molar-refractivity contribution in [1.82, 2.24) is 5.32 Å². The van der Waals surface area contributed by atoms with Gasteiger partial charge in [0.15, 0.2) is 0 Å². The van der Waals surface area contributed by atoms with Crippen molar-refractivity contribution in [2.75, 3.05) is 12.3 Å². The van der Waals surface area contributed by atoms with Gasteiger partial charge < -0.3 is 11.1 Å². The summed E-state index contributed by atoms with van der Waals surface area (Å²) in [6.07, 6.45) is 4.07. The van der Waals surface area contributed by atoms with Gasteiger partial charge in [0.1, 0.15) is 0 Å². The van der Waals surface area contributed by atoms with Crippen LogP contribution in [0.2, 0.25) is 0 Å². The minimum atomic E-state index is -0.301. The Labute approximate surface area is 113 Å². The molecule has 1 heterocycles. The van der Waals surface area contributed by atoms with Crippen LogP contribution in [-0.4, -0.2) is 27.9 Å². The largest absolute Gasteiger partial charge is 0.393 e. The Kier molecular flexibility index (Phi) is 5.73. The number of thiocarbonyl (C=S) groups is 1. The second-order valence-electron chi connectivity index (χ2n) is 4.86. The molecule has 2 atom stereocenters. The number of rotatable bonds is 6. The molecule has 1 saturated heterocycles. The SMILES string of the molecule is CCCC(C(=O)NCC1(C)CCCS1)C(N)=S. The van der Waals surface area contributed by atoms with Gasteiger partial charge in [-0.3, -0.25) is 4.79 Å². The molecule has 17 heavy (non-hydrogen) atoms. The predicted molar refractivity (Wildman–Crippen MR) is 78.3 cm³/mol. The first kappa shape index (κ1) is 14.8. The van der Waals surface area contributed by atoms with Crippen LogP contribution in [-0.2, 0) is 4.79 Å². The summed E-state index contributed by atoms with van der Waals surface area (Å²) in [5.41, 5.74) is 5.61. The molecule has 0 bridgehead atoms. The zero-order valence-corrected chi connectivity index (χ0v) is 12.3. The minimum Gasteiger partial charge on any atom is -0.393 e. The van der Waals surface area contributed by atoms with Gasteiger partial charge in [-0.2, -0.15) is 11.8 Å². The normalized spacial score (nSPS) is 25.5. The van der Waals surface area contributed by atoms with Crippen LogP contribution < -0.4 is 11.1 Å². The van der Waals surface area contributed by atoms with E-state index in [-0.39, 0.29) is 16.6 Å². The maximum atomic E-state index is 12.0. The minimum absolute atomic E-state index is 0.00641. The molecular formula is C12H22N2OS2. The van der Waals surface area contributed by atoms with Crippen molar-refractivity contribution in [3.63, 3.8) is 0 Å². The molecule has 2 unspecified atom stereocenters. The number of carbonyl (C=O) groups excluding carboxylic acids is 1. The van der Waals surface area contributed by atoms with Crippen molar-refractivity contribution in [1.29, 1.82) is 0 Å². The van der Waals surface area contributed by atoms with Crippen LogP contribution >= 0.6 is 24.0 Å². The molecule has 1 rings (SSSR count). The number of thioether (sulfide) groups is 1. The second-order valence-corrected chi connectivity index (χ2v) is 7.02. The third kappa shape index (κ3) is 4.47. The highest BCUT2D eigenvalue weighted by molar-refractivity contribution is 8.00. The summed E-state index contributed by atoms with van der Waals surface area (Å²) >= 11 is 6.89. The predicted octanol–water partition coefficient (Wildman–Crippen LogP) is 2.09. The van der Waals surface area contributed by atoms with Crippen molar-refractivity contribution in [2.45, 2.75) is 44.3 Å². The standard InChI is InChI=1S/C12H22N2OS2/c1-3-5-9(10(13)16)11(15)14-8-12(2)6-4-7-17-12/h9H,3-8H2,1-2H3,(H2,13,16)(H,14,15). The average Bonchev–Trinajstić information content (AvgIpc) is 2.70. The second kappa shape index (κ2) is 6.59. The fourth-order valence-electron chi connectivity index (χ4n) is 2.06. The first-order valence-electron chi connectivity index (χ1n) is 6.19. The number of amides is 1. The third-order valence-electron chi connectivity index (χ3n) is 3.17.